The monoisotopic (exact) mass is 239 g/mol. The van der Waals surface area contributed by atoms with E-state index in [1.54, 1.807) is 0 Å². The van der Waals surface area contributed by atoms with Crippen molar-refractivity contribution in [1.82, 2.24) is 5.32 Å². The number of rotatable bonds is 2. The van der Waals surface area contributed by atoms with Crippen LogP contribution >= 0.6 is 0 Å². The molecule has 0 aliphatic carbocycles. The topological polar surface area (TPSA) is 58.6 Å². The van der Waals surface area contributed by atoms with Gasteiger partial charge in [-0.2, -0.15) is 0 Å². The number of nitrogens with one attached hydrogen (secondary N) is 1. The third-order valence-corrected chi connectivity index (χ3v) is 2.95. The smallest absolute Gasteiger partial charge is 0.341 e. The molecule has 0 aromatic heterocycles. The van der Waals surface area contributed by atoms with E-state index in [1.807, 2.05) is 0 Å². The largest absolute Gasteiger partial charge is 0.504 e. The number of halogens is 1. The zero-order chi connectivity index (χ0) is 12.4. The lowest BCUT2D eigenvalue weighted by molar-refractivity contribution is 0.0596. The van der Waals surface area contributed by atoms with Crippen LogP contribution in [0.25, 0.3) is 0 Å². The highest BCUT2D eigenvalue weighted by Gasteiger charge is 2.22. The molecule has 1 aliphatic rings. The highest BCUT2D eigenvalue weighted by atomic mass is 19.1. The summed E-state index contributed by atoms with van der Waals surface area (Å²) in [5.41, 5.74) is 0.536. The Morgan fingerprint density at radius 3 is 2.94 bits per heavy atom. The van der Waals surface area contributed by atoms with Crippen molar-refractivity contribution in [3.8, 4) is 5.75 Å². The van der Waals surface area contributed by atoms with E-state index in [0.717, 1.165) is 19.4 Å². The first-order chi connectivity index (χ1) is 8.13. The van der Waals surface area contributed by atoms with Gasteiger partial charge in [0.05, 0.1) is 7.11 Å². The summed E-state index contributed by atoms with van der Waals surface area (Å²) in [7, 11) is 1.19. The molecular weight excluding hydrogens is 225 g/mol. The molecule has 1 saturated heterocycles. The van der Waals surface area contributed by atoms with Crippen molar-refractivity contribution in [2.45, 2.75) is 18.9 Å². The summed E-state index contributed by atoms with van der Waals surface area (Å²) >= 11 is 0. The Hall–Kier alpha value is -1.62. The fraction of sp³-hybridized carbons (Fsp3) is 0.417. The van der Waals surface area contributed by atoms with Crippen LogP contribution in [0.4, 0.5) is 4.39 Å². The van der Waals surface area contributed by atoms with E-state index in [0.29, 0.717) is 5.56 Å². The van der Waals surface area contributed by atoms with Gasteiger partial charge in [0, 0.05) is 6.04 Å². The number of ether oxygens (including phenoxy) is 1. The Morgan fingerprint density at radius 1 is 1.59 bits per heavy atom. The molecule has 1 aromatic rings. The first kappa shape index (κ1) is 11.9. The molecule has 0 spiro atoms. The Labute approximate surface area is 98.4 Å². The Kier molecular flexibility index (Phi) is 3.28. The van der Waals surface area contributed by atoms with Crippen LogP contribution in [-0.2, 0) is 4.74 Å². The summed E-state index contributed by atoms with van der Waals surface area (Å²) in [5, 5.41) is 12.7. The molecule has 0 amide bonds. The van der Waals surface area contributed by atoms with Gasteiger partial charge in [0.15, 0.2) is 11.6 Å². The Balaban J connectivity index is 2.41. The summed E-state index contributed by atoms with van der Waals surface area (Å²) in [5.74, 6) is -2.18. The van der Waals surface area contributed by atoms with Gasteiger partial charge in [0.2, 0.25) is 0 Å². The first-order valence-electron chi connectivity index (χ1n) is 5.47. The highest BCUT2D eigenvalue weighted by Crippen LogP contribution is 2.30. The number of aromatic hydroxyl groups is 1. The van der Waals surface area contributed by atoms with Crippen molar-refractivity contribution in [3.05, 3.63) is 29.1 Å². The number of hydrogen-bond donors (Lipinski definition) is 2. The molecule has 0 saturated carbocycles. The summed E-state index contributed by atoms with van der Waals surface area (Å²) < 4.78 is 18.0. The van der Waals surface area contributed by atoms with Crippen LogP contribution in [0, 0.1) is 5.82 Å². The zero-order valence-corrected chi connectivity index (χ0v) is 9.50. The number of hydrogen-bond acceptors (Lipinski definition) is 4. The van der Waals surface area contributed by atoms with E-state index in [-0.39, 0.29) is 11.6 Å². The second-order valence-corrected chi connectivity index (χ2v) is 4.04. The van der Waals surface area contributed by atoms with Gasteiger partial charge in [-0.15, -0.1) is 0 Å². The third kappa shape index (κ3) is 2.24. The van der Waals surface area contributed by atoms with Crippen LogP contribution in [0.15, 0.2) is 12.1 Å². The lowest BCUT2D eigenvalue weighted by Crippen LogP contribution is -2.14. The molecule has 1 heterocycles. The number of phenols is 1. The van der Waals surface area contributed by atoms with Crippen LogP contribution in [0.3, 0.4) is 0 Å². The summed E-state index contributed by atoms with van der Waals surface area (Å²) in [6, 6.07) is 2.77. The summed E-state index contributed by atoms with van der Waals surface area (Å²) in [6.07, 6.45) is 1.91. The minimum absolute atomic E-state index is 0.0357. The maximum Gasteiger partial charge on any atom is 0.341 e. The normalized spacial score (nSPS) is 19.3. The Bertz CT molecular complexity index is 442. The van der Waals surface area contributed by atoms with Crippen LogP contribution in [-0.4, -0.2) is 24.7 Å². The lowest BCUT2D eigenvalue weighted by Gasteiger charge is -2.13. The fourth-order valence-electron chi connectivity index (χ4n) is 2.06. The number of esters is 1. The molecule has 0 radical (unpaired) electrons. The van der Waals surface area contributed by atoms with E-state index >= 15 is 0 Å². The zero-order valence-electron chi connectivity index (χ0n) is 9.50. The standard InChI is InChI=1S/C12H14FNO3/c1-17-12(16)8-5-7(6-9(13)11(8)15)10-3-2-4-14-10/h5-6,10,14-15H,2-4H2,1H3. The van der Waals surface area contributed by atoms with Crippen molar-refractivity contribution in [2.75, 3.05) is 13.7 Å². The van der Waals surface area contributed by atoms with Gasteiger partial charge in [-0.1, -0.05) is 0 Å². The lowest BCUT2D eigenvalue weighted by atomic mass is 10.0. The van der Waals surface area contributed by atoms with E-state index in [2.05, 4.69) is 10.1 Å². The summed E-state index contributed by atoms with van der Waals surface area (Å²) in [4.78, 5) is 11.4. The molecule has 92 valence electrons. The first-order valence-corrected chi connectivity index (χ1v) is 5.47. The molecule has 0 bridgehead atoms. The van der Waals surface area contributed by atoms with Gasteiger partial charge in [0.1, 0.15) is 5.56 Å². The number of methoxy groups -OCH3 is 1. The van der Waals surface area contributed by atoms with Crippen LogP contribution in [0.2, 0.25) is 0 Å². The van der Waals surface area contributed by atoms with E-state index in [1.165, 1.54) is 19.2 Å². The Morgan fingerprint density at radius 2 is 2.35 bits per heavy atom. The fourth-order valence-corrected chi connectivity index (χ4v) is 2.06. The molecule has 2 rings (SSSR count). The van der Waals surface area contributed by atoms with Crippen molar-refractivity contribution in [3.63, 3.8) is 0 Å². The van der Waals surface area contributed by atoms with Crippen LogP contribution < -0.4 is 5.32 Å². The number of carbonyl (C=O) groups excluding carboxylic acids is 1. The third-order valence-electron chi connectivity index (χ3n) is 2.95. The van der Waals surface area contributed by atoms with E-state index in [9.17, 15) is 14.3 Å². The van der Waals surface area contributed by atoms with Gasteiger partial charge in [-0.05, 0) is 37.1 Å². The van der Waals surface area contributed by atoms with Gasteiger partial charge >= 0.3 is 5.97 Å². The van der Waals surface area contributed by atoms with Crippen molar-refractivity contribution >= 4 is 5.97 Å². The maximum atomic E-state index is 13.5. The molecular formula is C12H14FNO3. The van der Waals surface area contributed by atoms with Gasteiger partial charge < -0.3 is 15.2 Å². The molecule has 2 N–H and O–H groups in total. The van der Waals surface area contributed by atoms with Crippen LogP contribution in [0.5, 0.6) is 5.75 Å². The van der Waals surface area contributed by atoms with Gasteiger partial charge in [-0.25, -0.2) is 9.18 Å². The van der Waals surface area contributed by atoms with Crippen LogP contribution in [0.1, 0.15) is 34.8 Å². The van der Waals surface area contributed by atoms with Gasteiger partial charge in [0.25, 0.3) is 0 Å². The van der Waals surface area contributed by atoms with E-state index < -0.39 is 17.5 Å². The predicted molar refractivity (Wildman–Crippen MR) is 59.4 cm³/mol. The molecule has 4 nitrogen and oxygen atoms in total. The number of benzene rings is 1. The van der Waals surface area contributed by atoms with E-state index in [4.69, 9.17) is 0 Å². The van der Waals surface area contributed by atoms with Gasteiger partial charge in [-0.3, -0.25) is 0 Å². The molecule has 1 aliphatic heterocycles. The minimum atomic E-state index is -0.795. The quantitative estimate of drug-likeness (QED) is 0.772. The minimum Gasteiger partial charge on any atom is -0.504 e. The molecule has 5 heteroatoms. The summed E-state index contributed by atoms with van der Waals surface area (Å²) in [6.45, 7) is 0.876. The average Bonchev–Trinajstić information content (AvgIpc) is 2.85. The molecule has 1 atom stereocenters. The molecule has 17 heavy (non-hydrogen) atoms. The van der Waals surface area contributed by atoms with Crippen molar-refractivity contribution < 1.29 is 19.0 Å². The maximum absolute atomic E-state index is 13.5. The molecule has 1 unspecified atom stereocenters. The average molecular weight is 239 g/mol. The van der Waals surface area contributed by atoms with Crippen molar-refractivity contribution in [2.24, 2.45) is 0 Å². The highest BCUT2D eigenvalue weighted by molar-refractivity contribution is 5.92. The number of phenolic OH excluding ortho intramolecular Hbond substituents is 1. The molecule has 1 aromatic carbocycles. The number of carbonyl (C=O) groups is 1. The SMILES string of the molecule is COC(=O)c1cc(C2CCCN2)cc(F)c1O. The second-order valence-electron chi connectivity index (χ2n) is 4.04. The second kappa shape index (κ2) is 4.71. The predicted octanol–water partition coefficient (Wildman–Crippen LogP) is 1.74. The van der Waals surface area contributed by atoms with Crippen molar-refractivity contribution in [1.29, 1.82) is 0 Å². The molecule has 1 fully saturated rings.